The molecule has 0 aliphatic carbocycles. The average Bonchev–Trinajstić information content (AvgIpc) is 3.07. The second-order valence-electron chi connectivity index (χ2n) is 11.8. The number of carbonyl (C=O) groups is 2. The lowest BCUT2D eigenvalue weighted by Gasteiger charge is -2.42. The summed E-state index contributed by atoms with van der Waals surface area (Å²) in [4.78, 5) is 33.9. The second-order valence-corrected chi connectivity index (χ2v) is 12.6. The third kappa shape index (κ3) is 7.77. The second kappa shape index (κ2) is 15.2. The molecule has 1 unspecified atom stereocenters. The van der Waals surface area contributed by atoms with Crippen molar-refractivity contribution in [1.82, 2.24) is 19.7 Å². The van der Waals surface area contributed by atoms with Gasteiger partial charge in [-0.1, -0.05) is 0 Å². The Balaban J connectivity index is 1.04. The van der Waals surface area contributed by atoms with Crippen LogP contribution in [0.3, 0.4) is 0 Å². The van der Waals surface area contributed by atoms with Crippen LogP contribution in [0.5, 0.6) is 5.75 Å². The zero-order valence-electron chi connectivity index (χ0n) is 25.0. The molecule has 11 nitrogen and oxygen atoms in total. The van der Waals surface area contributed by atoms with E-state index in [2.05, 4.69) is 5.48 Å². The molecule has 0 bridgehead atoms. The van der Waals surface area contributed by atoms with E-state index < -0.39 is 11.8 Å². The molecule has 0 spiro atoms. The summed E-state index contributed by atoms with van der Waals surface area (Å²) in [6.07, 6.45) is 7.77. The molecule has 1 aromatic carbocycles. The molecule has 0 saturated carbocycles. The summed E-state index contributed by atoms with van der Waals surface area (Å²) in [5.41, 5.74) is 2.61. The van der Waals surface area contributed by atoms with Crippen LogP contribution in [0.15, 0.2) is 24.3 Å². The SMILES string of the molecule is COc1ccc(C(=O)N2CCC(C3CCN(OSN(C)C4(C(=O)NOC5CCCCO5)CCOCC4)CC3)CC2)cc1. The van der Waals surface area contributed by atoms with E-state index >= 15 is 0 Å². The van der Waals surface area contributed by atoms with E-state index in [9.17, 15) is 9.59 Å². The molecule has 4 saturated heterocycles. The lowest BCUT2D eigenvalue weighted by Crippen LogP contribution is -2.58. The largest absolute Gasteiger partial charge is 0.497 e. The predicted molar refractivity (Wildman–Crippen MR) is 158 cm³/mol. The molecule has 1 atom stereocenters. The maximum atomic E-state index is 13.3. The summed E-state index contributed by atoms with van der Waals surface area (Å²) in [7, 11) is 3.53. The van der Waals surface area contributed by atoms with E-state index in [1.54, 1.807) is 7.11 Å². The standard InChI is InChI=1S/C30H46N4O7S/c1-32(30(14-21-38-22-15-30)29(36)31-40-27-5-3-4-20-39-27)42-41-34-18-12-24(13-19-34)23-10-16-33(17-11-23)28(35)25-6-8-26(37-2)9-7-25/h6-9,23-24,27H,3-5,10-22H2,1-2H3,(H,31,36). The third-order valence-corrected chi connectivity index (χ3v) is 10.2. The Bertz CT molecular complexity index is 1000. The summed E-state index contributed by atoms with van der Waals surface area (Å²) < 4.78 is 24.4. The Morgan fingerprint density at radius 1 is 0.952 bits per heavy atom. The fourth-order valence-electron chi connectivity index (χ4n) is 6.49. The normalized spacial score (nSPS) is 24.5. The average molecular weight is 607 g/mol. The van der Waals surface area contributed by atoms with Gasteiger partial charge in [-0.2, -0.15) is 5.06 Å². The highest BCUT2D eigenvalue weighted by atomic mass is 32.2. The number of hydroxylamine groups is 3. The van der Waals surface area contributed by atoms with E-state index in [4.69, 9.17) is 23.3 Å². The van der Waals surface area contributed by atoms with Crippen molar-refractivity contribution >= 4 is 24.0 Å². The number of likely N-dealkylation sites (tertiary alicyclic amines) is 1. The van der Waals surface area contributed by atoms with E-state index in [-0.39, 0.29) is 11.8 Å². The van der Waals surface area contributed by atoms with Crippen LogP contribution in [0.4, 0.5) is 0 Å². The van der Waals surface area contributed by atoms with Crippen LogP contribution >= 0.6 is 12.2 Å². The first-order chi connectivity index (χ1) is 20.5. The highest BCUT2D eigenvalue weighted by Gasteiger charge is 2.46. The van der Waals surface area contributed by atoms with Crippen molar-refractivity contribution in [1.29, 1.82) is 0 Å². The van der Waals surface area contributed by atoms with Crippen LogP contribution < -0.4 is 10.2 Å². The van der Waals surface area contributed by atoms with E-state index in [1.165, 1.54) is 12.2 Å². The summed E-state index contributed by atoms with van der Waals surface area (Å²) in [5.74, 6) is 1.94. The molecule has 4 fully saturated rings. The molecular formula is C30H46N4O7S. The number of piperidine rings is 2. The van der Waals surface area contributed by atoms with Gasteiger partial charge in [-0.25, -0.2) is 18.9 Å². The van der Waals surface area contributed by atoms with Gasteiger partial charge in [0.15, 0.2) is 6.29 Å². The van der Waals surface area contributed by atoms with Gasteiger partial charge in [0, 0.05) is 65.0 Å². The molecule has 12 heteroatoms. The van der Waals surface area contributed by atoms with Gasteiger partial charge in [0.2, 0.25) is 0 Å². The predicted octanol–water partition coefficient (Wildman–Crippen LogP) is 3.81. The minimum Gasteiger partial charge on any atom is -0.497 e. The summed E-state index contributed by atoms with van der Waals surface area (Å²) >= 11 is 1.22. The molecule has 5 rings (SSSR count). The molecule has 234 valence electrons. The first-order valence-electron chi connectivity index (χ1n) is 15.4. The molecule has 0 radical (unpaired) electrons. The number of rotatable bonds is 10. The number of carbonyl (C=O) groups excluding carboxylic acids is 2. The van der Waals surface area contributed by atoms with Gasteiger partial charge >= 0.3 is 0 Å². The molecule has 4 heterocycles. The number of nitrogens with one attached hydrogen (secondary N) is 1. The van der Waals surface area contributed by atoms with Gasteiger partial charge in [-0.15, -0.1) is 0 Å². The molecule has 1 N–H and O–H groups in total. The van der Waals surface area contributed by atoms with Crippen molar-refractivity contribution < 1.29 is 32.9 Å². The minimum atomic E-state index is -0.785. The Labute approximate surface area is 253 Å². The first kappa shape index (κ1) is 31.5. The highest BCUT2D eigenvalue weighted by molar-refractivity contribution is 7.92. The van der Waals surface area contributed by atoms with E-state index in [1.807, 2.05) is 45.6 Å². The molecule has 1 aromatic rings. The summed E-state index contributed by atoms with van der Waals surface area (Å²) in [5, 5.41) is 2.01. The first-order valence-corrected chi connectivity index (χ1v) is 16.1. The maximum absolute atomic E-state index is 13.3. The fraction of sp³-hybridized carbons (Fsp3) is 0.733. The topological polar surface area (TPSA) is 102 Å². The number of hydrogen-bond donors (Lipinski definition) is 1. The molecule has 4 aliphatic heterocycles. The number of benzene rings is 1. The number of likely N-dealkylation sites (N-methyl/N-ethyl adjacent to an activating group) is 1. The zero-order valence-corrected chi connectivity index (χ0v) is 25.8. The number of nitrogens with zero attached hydrogens (tertiary/aromatic N) is 3. The van der Waals surface area contributed by atoms with Crippen LogP contribution in [-0.4, -0.2) is 98.1 Å². The van der Waals surface area contributed by atoms with Gasteiger partial charge in [0.1, 0.15) is 23.5 Å². The number of hydrogen-bond acceptors (Lipinski definition) is 10. The van der Waals surface area contributed by atoms with Gasteiger partial charge in [-0.05, 0) is 87.5 Å². The zero-order chi connectivity index (χ0) is 29.4. The van der Waals surface area contributed by atoms with Crippen molar-refractivity contribution in [2.75, 3.05) is 60.2 Å². The van der Waals surface area contributed by atoms with Gasteiger partial charge in [0.05, 0.1) is 7.11 Å². The van der Waals surface area contributed by atoms with Crippen molar-refractivity contribution in [3.63, 3.8) is 0 Å². The number of ether oxygens (including phenoxy) is 3. The van der Waals surface area contributed by atoms with Crippen LogP contribution in [0.2, 0.25) is 0 Å². The maximum Gasteiger partial charge on any atom is 0.265 e. The van der Waals surface area contributed by atoms with Gasteiger partial charge in [0.25, 0.3) is 11.8 Å². The Kier molecular flexibility index (Phi) is 11.4. The summed E-state index contributed by atoms with van der Waals surface area (Å²) in [6.45, 7) is 4.97. The Hall–Kier alpha value is -1.93. The molecule has 42 heavy (non-hydrogen) atoms. The number of methoxy groups -OCH3 is 1. The fourth-order valence-corrected chi connectivity index (χ4v) is 7.24. The Morgan fingerprint density at radius 2 is 1.62 bits per heavy atom. The van der Waals surface area contributed by atoms with E-state index in [0.29, 0.717) is 50.1 Å². The quantitative estimate of drug-likeness (QED) is 0.240. The van der Waals surface area contributed by atoms with Crippen LogP contribution in [0.1, 0.15) is 68.1 Å². The smallest absolute Gasteiger partial charge is 0.265 e. The molecular weight excluding hydrogens is 560 g/mol. The van der Waals surface area contributed by atoms with Crippen molar-refractivity contribution in [2.24, 2.45) is 11.8 Å². The lowest BCUT2D eigenvalue weighted by atomic mass is 9.79. The van der Waals surface area contributed by atoms with Crippen LogP contribution in [-0.2, 0) is 23.4 Å². The van der Waals surface area contributed by atoms with Crippen LogP contribution in [0.25, 0.3) is 0 Å². The van der Waals surface area contributed by atoms with Gasteiger partial charge in [-0.3, -0.25) is 9.59 Å². The van der Waals surface area contributed by atoms with Crippen molar-refractivity contribution in [3.05, 3.63) is 29.8 Å². The number of amides is 2. The molecule has 0 aromatic heterocycles. The monoisotopic (exact) mass is 606 g/mol. The highest BCUT2D eigenvalue weighted by Crippen LogP contribution is 2.36. The molecule has 4 aliphatic rings. The van der Waals surface area contributed by atoms with E-state index in [0.717, 1.165) is 76.9 Å². The lowest BCUT2D eigenvalue weighted by molar-refractivity contribution is -0.205. The summed E-state index contributed by atoms with van der Waals surface area (Å²) in [6, 6.07) is 7.36. The molecule has 2 amide bonds. The third-order valence-electron chi connectivity index (χ3n) is 9.35. The van der Waals surface area contributed by atoms with Crippen molar-refractivity contribution in [2.45, 2.75) is 69.6 Å². The minimum absolute atomic E-state index is 0.102. The van der Waals surface area contributed by atoms with Gasteiger partial charge < -0.3 is 19.1 Å². The van der Waals surface area contributed by atoms with Crippen LogP contribution in [0, 0.1) is 11.8 Å². The van der Waals surface area contributed by atoms with Crippen molar-refractivity contribution in [3.8, 4) is 5.75 Å². The Morgan fingerprint density at radius 3 is 2.24 bits per heavy atom.